The fourth-order valence-corrected chi connectivity index (χ4v) is 5.27. The van der Waals surface area contributed by atoms with Crippen LogP contribution in [-0.2, 0) is 17.6 Å². The summed E-state index contributed by atoms with van der Waals surface area (Å²) in [6.45, 7) is 1.26. The molecular formula is C21H23ClN2O3S. The molecule has 0 bridgehead atoms. The van der Waals surface area contributed by atoms with Crippen molar-refractivity contribution in [1.82, 2.24) is 5.32 Å². The van der Waals surface area contributed by atoms with Crippen LogP contribution in [0.15, 0.2) is 24.3 Å². The maximum Gasteiger partial charge on any atom is 0.256 e. The van der Waals surface area contributed by atoms with E-state index in [4.69, 9.17) is 16.3 Å². The maximum atomic E-state index is 13.0. The summed E-state index contributed by atoms with van der Waals surface area (Å²) in [6, 6.07) is 6.81. The highest BCUT2D eigenvalue weighted by Gasteiger charge is 2.27. The van der Waals surface area contributed by atoms with Gasteiger partial charge in [0.15, 0.2) is 0 Å². The van der Waals surface area contributed by atoms with Gasteiger partial charge in [0.2, 0.25) is 0 Å². The number of benzene rings is 1. The van der Waals surface area contributed by atoms with Crippen molar-refractivity contribution in [3.05, 3.63) is 50.9 Å². The minimum absolute atomic E-state index is 0.0860. The number of hydrogen-bond acceptors (Lipinski definition) is 4. The van der Waals surface area contributed by atoms with Crippen molar-refractivity contribution in [2.24, 2.45) is 0 Å². The molecule has 1 atom stereocenters. The molecule has 0 spiro atoms. The Hall–Kier alpha value is -1.89. The SMILES string of the molecule is O=C(Nc1sc2c(c1C(=O)NC[C@H]1CCCO1)CCCC2)c1cccc(Cl)c1. The molecule has 1 aromatic carbocycles. The standard InChI is InChI=1S/C21H23ClN2O3S/c22-14-6-3-5-13(11-14)19(25)24-21-18(16-8-1-2-9-17(16)28-21)20(26)23-12-15-7-4-10-27-15/h3,5-6,11,15H,1-2,4,7-10,12H2,(H,23,26)(H,24,25)/t15-/m1/s1. The molecule has 2 amide bonds. The third kappa shape index (κ3) is 4.24. The fraction of sp³-hybridized carbons (Fsp3) is 0.429. The second kappa shape index (κ2) is 8.64. The molecule has 2 N–H and O–H groups in total. The lowest BCUT2D eigenvalue weighted by Crippen LogP contribution is -2.32. The van der Waals surface area contributed by atoms with Gasteiger partial charge < -0.3 is 15.4 Å². The van der Waals surface area contributed by atoms with E-state index in [0.717, 1.165) is 50.7 Å². The summed E-state index contributed by atoms with van der Waals surface area (Å²) >= 11 is 7.52. The molecule has 1 aliphatic heterocycles. The molecular weight excluding hydrogens is 396 g/mol. The van der Waals surface area contributed by atoms with Crippen LogP contribution in [0.4, 0.5) is 5.00 Å². The number of ether oxygens (including phenoxy) is 1. The molecule has 0 unspecified atom stereocenters. The summed E-state index contributed by atoms with van der Waals surface area (Å²) in [5, 5.41) is 7.09. The summed E-state index contributed by atoms with van der Waals surface area (Å²) < 4.78 is 5.60. The third-order valence-corrected chi connectivity index (χ3v) is 6.67. The van der Waals surface area contributed by atoms with Gasteiger partial charge in [-0.3, -0.25) is 9.59 Å². The molecule has 1 aliphatic carbocycles. The number of amides is 2. The number of carbonyl (C=O) groups is 2. The highest BCUT2D eigenvalue weighted by atomic mass is 35.5. The first kappa shape index (κ1) is 19.4. The van der Waals surface area contributed by atoms with Gasteiger partial charge in [0.05, 0.1) is 11.7 Å². The number of hydrogen-bond donors (Lipinski definition) is 2. The molecule has 148 valence electrons. The molecule has 2 heterocycles. The van der Waals surface area contributed by atoms with E-state index in [-0.39, 0.29) is 17.9 Å². The van der Waals surface area contributed by atoms with E-state index in [1.54, 1.807) is 24.3 Å². The van der Waals surface area contributed by atoms with Crippen LogP contribution in [0, 0.1) is 0 Å². The fourth-order valence-electron chi connectivity index (χ4n) is 3.80. The normalized spacial score (nSPS) is 18.5. The molecule has 1 aromatic heterocycles. The van der Waals surface area contributed by atoms with Gasteiger partial charge in [-0.05, 0) is 62.3 Å². The highest BCUT2D eigenvalue weighted by molar-refractivity contribution is 7.17. The number of anilines is 1. The number of carbonyl (C=O) groups excluding carboxylic acids is 2. The molecule has 28 heavy (non-hydrogen) atoms. The molecule has 4 rings (SSSR count). The summed E-state index contributed by atoms with van der Waals surface area (Å²) in [4.78, 5) is 26.9. The average molecular weight is 419 g/mol. The number of halogens is 1. The summed E-state index contributed by atoms with van der Waals surface area (Å²) in [6.07, 6.45) is 6.11. The Morgan fingerprint density at radius 2 is 2.04 bits per heavy atom. The van der Waals surface area contributed by atoms with Crippen LogP contribution in [0.2, 0.25) is 5.02 Å². The molecule has 5 nitrogen and oxygen atoms in total. The third-order valence-electron chi connectivity index (χ3n) is 5.23. The summed E-state index contributed by atoms with van der Waals surface area (Å²) in [7, 11) is 0. The van der Waals surface area contributed by atoms with Crippen molar-refractivity contribution in [1.29, 1.82) is 0 Å². The molecule has 2 aromatic rings. The largest absolute Gasteiger partial charge is 0.376 e. The Morgan fingerprint density at radius 3 is 2.82 bits per heavy atom. The van der Waals surface area contributed by atoms with Crippen molar-refractivity contribution < 1.29 is 14.3 Å². The topological polar surface area (TPSA) is 67.4 Å². The van der Waals surface area contributed by atoms with Crippen molar-refractivity contribution in [3.63, 3.8) is 0 Å². The zero-order valence-corrected chi connectivity index (χ0v) is 17.1. The van der Waals surface area contributed by atoms with Gasteiger partial charge in [0, 0.05) is 28.6 Å². The van der Waals surface area contributed by atoms with Gasteiger partial charge in [-0.1, -0.05) is 17.7 Å². The first-order valence-electron chi connectivity index (χ1n) is 9.73. The van der Waals surface area contributed by atoms with Crippen LogP contribution in [0.5, 0.6) is 0 Å². The Balaban J connectivity index is 1.56. The predicted octanol–water partition coefficient (Wildman–Crippen LogP) is 4.44. The van der Waals surface area contributed by atoms with Gasteiger partial charge in [-0.15, -0.1) is 11.3 Å². The van der Waals surface area contributed by atoms with E-state index in [2.05, 4.69) is 10.6 Å². The minimum atomic E-state index is -0.255. The molecule has 1 saturated heterocycles. The zero-order chi connectivity index (χ0) is 19.5. The first-order chi connectivity index (χ1) is 13.6. The van der Waals surface area contributed by atoms with Gasteiger partial charge in [0.25, 0.3) is 11.8 Å². The number of thiophene rings is 1. The van der Waals surface area contributed by atoms with Crippen LogP contribution in [0.3, 0.4) is 0 Å². The monoisotopic (exact) mass is 418 g/mol. The average Bonchev–Trinajstić information content (AvgIpc) is 3.33. The van der Waals surface area contributed by atoms with E-state index < -0.39 is 0 Å². The van der Waals surface area contributed by atoms with Crippen LogP contribution < -0.4 is 10.6 Å². The number of rotatable bonds is 5. The van der Waals surface area contributed by atoms with Gasteiger partial charge in [0.1, 0.15) is 5.00 Å². The van der Waals surface area contributed by atoms with E-state index in [0.29, 0.717) is 27.7 Å². The molecule has 0 saturated carbocycles. The molecule has 1 fully saturated rings. The van der Waals surface area contributed by atoms with Gasteiger partial charge in [-0.25, -0.2) is 0 Å². The summed E-state index contributed by atoms with van der Waals surface area (Å²) in [5.41, 5.74) is 2.18. The smallest absolute Gasteiger partial charge is 0.256 e. The molecule has 0 radical (unpaired) electrons. The number of aryl methyl sites for hydroxylation is 1. The highest BCUT2D eigenvalue weighted by Crippen LogP contribution is 2.38. The van der Waals surface area contributed by atoms with Crippen molar-refractivity contribution in [2.75, 3.05) is 18.5 Å². The van der Waals surface area contributed by atoms with Crippen LogP contribution in [0.25, 0.3) is 0 Å². The van der Waals surface area contributed by atoms with Crippen LogP contribution in [0.1, 0.15) is 56.8 Å². The lowest BCUT2D eigenvalue weighted by Gasteiger charge is -2.15. The number of fused-ring (bicyclic) bond motifs is 1. The molecule has 7 heteroatoms. The second-order valence-corrected chi connectivity index (χ2v) is 8.77. The maximum absolute atomic E-state index is 13.0. The van der Waals surface area contributed by atoms with Crippen LogP contribution >= 0.6 is 22.9 Å². The number of nitrogens with one attached hydrogen (secondary N) is 2. The first-order valence-corrected chi connectivity index (χ1v) is 10.9. The Morgan fingerprint density at radius 1 is 1.18 bits per heavy atom. The lowest BCUT2D eigenvalue weighted by atomic mass is 9.95. The van der Waals surface area contributed by atoms with Crippen molar-refractivity contribution >= 4 is 39.8 Å². The summed E-state index contributed by atoms with van der Waals surface area (Å²) in [5.74, 6) is -0.384. The lowest BCUT2D eigenvalue weighted by molar-refractivity contribution is 0.0858. The van der Waals surface area contributed by atoms with Crippen molar-refractivity contribution in [2.45, 2.75) is 44.6 Å². The predicted molar refractivity (Wildman–Crippen MR) is 112 cm³/mol. The van der Waals surface area contributed by atoms with E-state index in [9.17, 15) is 9.59 Å². The van der Waals surface area contributed by atoms with E-state index in [1.165, 1.54) is 16.2 Å². The quantitative estimate of drug-likeness (QED) is 0.754. The Kier molecular flexibility index (Phi) is 5.99. The Labute approximate surface area is 173 Å². The van der Waals surface area contributed by atoms with Gasteiger partial charge >= 0.3 is 0 Å². The zero-order valence-electron chi connectivity index (χ0n) is 15.6. The van der Waals surface area contributed by atoms with Crippen molar-refractivity contribution in [3.8, 4) is 0 Å². The minimum Gasteiger partial charge on any atom is -0.376 e. The second-order valence-electron chi connectivity index (χ2n) is 7.22. The van der Waals surface area contributed by atoms with Crippen LogP contribution in [-0.4, -0.2) is 31.1 Å². The molecule has 2 aliphatic rings. The van der Waals surface area contributed by atoms with E-state index >= 15 is 0 Å². The van der Waals surface area contributed by atoms with E-state index in [1.807, 2.05) is 0 Å². The van der Waals surface area contributed by atoms with Gasteiger partial charge in [-0.2, -0.15) is 0 Å². The Bertz CT molecular complexity index is 890.